The van der Waals surface area contributed by atoms with Crippen molar-refractivity contribution in [1.29, 1.82) is 0 Å². The predicted molar refractivity (Wildman–Crippen MR) is 113 cm³/mol. The number of rotatable bonds is 7. The van der Waals surface area contributed by atoms with Crippen molar-refractivity contribution in [3.8, 4) is 0 Å². The van der Waals surface area contributed by atoms with Crippen molar-refractivity contribution in [2.24, 2.45) is 0 Å². The highest BCUT2D eigenvalue weighted by Gasteiger charge is 2.19. The molecule has 0 saturated heterocycles. The van der Waals surface area contributed by atoms with Gasteiger partial charge in [0, 0.05) is 12.6 Å². The second kappa shape index (κ2) is 8.76. The molecule has 11 heteroatoms. The van der Waals surface area contributed by atoms with Gasteiger partial charge in [0.05, 0.1) is 24.2 Å². The molecule has 2 heterocycles. The lowest BCUT2D eigenvalue weighted by Crippen LogP contribution is -2.28. The van der Waals surface area contributed by atoms with Crippen molar-refractivity contribution < 1.29 is 14.1 Å². The first-order valence-corrected chi connectivity index (χ1v) is 9.61. The summed E-state index contributed by atoms with van der Waals surface area (Å²) in [5.41, 5.74) is 0.314. The second-order valence-electron chi connectivity index (χ2n) is 6.94. The first-order chi connectivity index (χ1) is 15.4. The molecule has 0 unspecified atom stereocenters. The number of aromatic nitrogens is 4. The molecule has 1 amide bonds. The zero-order valence-electron chi connectivity index (χ0n) is 16.6. The number of nitrogens with zero attached hydrogens (tertiary/aromatic N) is 5. The molecule has 2 aromatic heterocycles. The number of hydrogen-bond acceptors (Lipinski definition) is 6. The van der Waals surface area contributed by atoms with Gasteiger partial charge in [0.15, 0.2) is 5.65 Å². The topological polar surface area (TPSA) is 125 Å². The molecule has 0 radical (unpaired) electrons. The summed E-state index contributed by atoms with van der Waals surface area (Å²) < 4.78 is 16.2. The van der Waals surface area contributed by atoms with Crippen LogP contribution >= 0.6 is 0 Å². The molecule has 0 spiro atoms. The van der Waals surface area contributed by atoms with Crippen molar-refractivity contribution in [2.45, 2.75) is 13.1 Å². The van der Waals surface area contributed by atoms with Gasteiger partial charge in [-0.2, -0.15) is 5.10 Å². The Morgan fingerprint density at radius 3 is 2.78 bits per heavy atom. The smallest absolute Gasteiger partial charge is 0.282 e. The number of nitro benzene ring substituents is 1. The fourth-order valence-corrected chi connectivity index (χ4v) is 3.30. The maximum absolute atomic E-state index is 13.4. The van der Waals surface area contributed by atoms with E-state index in [1.54, 1.807) is 18.2 Å². The number of carbonyl (C=O) groups excluding carboxylic acids is 1. The van der Waals surface area contributed by atoms with Crippen LogP contribution in [0.25, 0.3) is 11.0 Å². The lowest BCUT2D eigenvalue weighted by molar-refractivity contribution is -0.385. The van der Waals surface area contributed by atoms with E-state index < -0.39 is 10.8 Å². The highest BCUT2D eigenvalue weighted by Crippen LogP contribution is 2.17. The Bertz CT molecular complexity index is 1380. The average molecular weight is 436 g/mol. The number of para-hydroxylation sites is 1. The quantitative estimate of drug-likeness (QED) is 0.349. The molecule has 0 fully saturated rings. The third-order valence-corrected chi connectivity index (χ3v) is 4.82. The maximum atomic E-state index is 13.4. The van der Waals surface area contributed by atoms with Crippen molar-refractivity contribution in [1.82, 2.24) is 24.6 Å². The Labute approximate surface area is 180 Å². The minimum Gasteiger partial charge on any atom is -0.350 e. The summed E-state index contributed by atoms with van der Waals surface area (Å²) in [6, 6.07) is 11.6. The zero-order chi connectivity index (χ0) is 22.7. The van der Waals surface area contributed by atoms with Gasteiger partial charge in [0.2, 0.25) is 0 Å². The van der Waals surface area contributed by atoms with Gasteiger partial charge in [-0.15, -0.1) is 0 Å². The van der Waals surface area contributed by atoms with Crippen LogP contribution in [-0.4, -0.2) is 36.7 Å². The van der Waals surface area contributed by atoms with Crippen LogP contribution in [0, 0.1) is 15.9 Å². The van der Waals surface area contributed by atoms with Crippen LogP contribution in [-0.2, 0) is 13.1 Å². The summed E-state index contributed by atoms with van der Waals surface area (Å²) in [5, 5.41) is 18.1. The standard InChI is InChI=1S/C21H17FN6O4/c22-15-5-3-4-14(10-15)12-26-13-24-19-17(21(26)30)11-25-27(19)9-8-23-20(29)16-6-1-2-7-18(16)28(31)32/h1-7,10-11,13H,8-9,12H2,(H,23,29). The highest BCUT2D eigenvalue weighted by molar-refractivity contribution is 5.98. The fourth-order valence-electron chi connectivity index (χ4n) is 3.30. The van der Waals surface area contributed by atoms with E-state index in [2.05, 4.69) is 15.4 Å². The Morgan fingerprint density at radius 1 is 1.19 bits per heavy atom. The number of nitrogens with one attached hydrogen (secondary N) is 1. The number of halogens is 1. The monoisotopic (exact) mass is 436 g/mol. The first kappa shape index (κ1) is 20.8. The van der Waals surface area contributed by atoms with Gasteiger partial charge in [0.25, 0.3) is 17.2 Å². The molecule has 32 heavy (non-hydrogen) atoms. The molecule has 4 aromatic rings. The molecular weight excluding hydrogens is 419 g/mol. The Balaban J connectivity index is 1.47. The van der Waals surface area contributed by atoms with Crippen LogP contribution in [0.15, 0.2) is 65.8 Å². The SMILES string of the molecule is O=C(NCCn1ncc2c(=O)n(Cc3cccc(F)c3)cnc21)c1ccccc1[N+](=O)[O-]. The maximum Gasteiger partial charge on any atom is 0.282 e. The summed E-state index contributed by atoms with van der Waals surface area (Å²) in [4.78, 5) is 39.8. The summed E-state index contributed by atoms with van der Waals surface area (Å²) in [6.07, 6.45) is 2.75. The first-order valence-electron chi connectivity index (χ1n) is 9.61. The number of benzene rings is 2. The molecule has 0 bridgehead atoms. The van der Waals surface area contributed by atoms with Crippen LogP contribution in [0.4, 0.5) is 10.1 Å². The zero-order valence-corrected chi connectivity index (χ0v) is 16.6. The minimum atomic E-state index is -0.616. The number of nitro groups is 1. The predicted octanol–water partition coefficient (Wildman–Crippen LogP) is 2.12. The van der Waals surface area contributed by atoms with E-state index in [9.17, 15) is 24.1 Å². The van der Waals surface area contributed by atoms with Gasteiger partial charge < -0.3 is 5.32 Å². The van der Waals surface area contributed by atoms with E-state index >= 15 is 0 Å². The Kier molecular flexibility index (Phi) is 5.71. The minimum absolute atomic E-state index is 0.0406. The average Bonchev–Trinajstić information content (AvgIpc) is 3.19. The molecule has 1 N–H and O–H groups in total. The van der Waals surface area contributed by atoms with E-state index in [1.165, 1.54) is 52.1 Å². The van der Waals surface area contributed by atoms with Crippen LogP contribution < -0.4 is 10.9 Å². The molecular formula is C21H17FN6O4. The lowest BCUT2D eigenvalue weighted by atomic mass is 10.1. The largest absolute Gasteiger partial charge is 0.350 e. The highest BCUT2D eigenvalue weighted by atomic mass is 19.1. The Hall–Kier alpha value is -4.41. The van der Waals surface area contributed by atoms with Gasteiger partial charge in [-0.1, -0.05) is 24.3 Å². The van der Waals surface area contributed by atoms with Crippen LogP contribution in [0.2, 0.25) is 0 Å². The molecule has 10 nitrogen and oxygen atoms in total. The van der Waals surface area contributed by atoms with Crippen molar-refractivity contribution >= 4 is 22.6 Å². The third-order valence-electron chi connectivity index (χ3n) is 4.82. The van der Waals surface area contributed by atoms with Gasteiger partial charge in [-0.05, 0) is 23.8 Å². The van der Waals surface area contributed by atoms with Gasteiger partial charge in [0.1, 0.15) is 23.1 Å². The normalized spacial score (nSPS) is 10.9. The fraction of sp³-hybridized carbons (Fsp3) is 0.143. The van der Waals surface area contributed by atoms with Crippen LogP contribution in [0.5, 0.6) is 0 Å². The van der Waals surface area contributed by atoms with Crippen molar-refractivity contribution in [2.75, 3.05) is 6.54 Å². The van der Waals surface area contributed by atoms with E-state index in [-0.39, 0.29) is 47.6 Å². The number of amides is 1. The molecule has 0 aliphatic rings. The molecule has 0 aliphatic carbocycles. The van der Waals surface area contributed by atoms with E-state index in [1.807, 2.05) is 0 Å². The molecule has 162 valence electrons. The van der Waals surface area contributed by atoms with Crippen molar-refractivity contribution in [3.05, 3.63) is 98.5 Å². The van der Waals surface area contributed by atoms with Crippen LogP contribution in [0.3, 0.4) is 0 Å². The van der Waals surface area contributed by atoms with Crippen molar-refractivity contribution in [3.63, 3.8) is 0 Å². The van der Waals surface area contributed by atoms with Gasteiger partial charge in [-0.25, -0.2) is 14.1 Å². The summed E-state index contributed by atoms with van der Waals surface area (Å²) in [5.74, 6) is -0.973. The molecule has 4 rings (SSSR count). The van der Waals surface area contributed by atoms with Gasteiger partial charge >= 0.3 is 0 Å². The Morgan fingerprint density at radius 2 is 2.00 bits per heavy atom. The molecule has 0 aliphatic heterocycles. The van der Waals surface area contributed by atoms with E-state index in [0.29, 0.717) is 11.2 Å². The summed E-state index contributed by atoms with van der Waals surface area (Å²) in [6.45, 7) is 0.489. The number of fused-ring (bicyclic) bond motifs is 1. The molecule has 0 atom stereocenters. The van der Waals surface area contributed by atoms with Crippen LogP contribution in [0.1, 0.15) is 15.9 Å². The third kappa shape index (κ3) is 4.21. The number of hydrogen-bond donors (Lipinski definition) is 1. The summed E-state index contributed by atoms with van der Waals surface area (Å²) >= 11 is 0. The summed E-state index contributed by atoms with van der Waals surface area (Å²) in [7, 11) is 0. The second-order valence-corrected chi connectivity index (χ2v) is 6.94. The molecule has 0 saturated carbocycles. The van der Waals surface area contributed by atoms with E-state index in [0.717, 1.165) is 0 Å². The lowest BCUT2D eigenvalue weighted by Gasteiger charge is -2.08. The molecule has 2 aromatic carbocycles. The van der Waals surface area contributed by atoms with E-state index in [4.69, 9.17) is 0 Å². The van der Waals surface area contributed by atoms with Gasteiger partial charge in [-0.3, -0.25) is 24.3 Å². The number of carbonyl (C=O) groups is 1.